The molecule has 30 heavy (non-hydrogen) atoms. The molecule has 1 N–H and O–H groups in total. The molecule has 3 rings (SSSR count). The number of methoxy groups -OCH3 is 1. The lowest BCUT2D eigenvalue weighted by atomic mass is 9.57. The highest BCUT2D eigenvalue weighted by Gasteiger charge is 2.78. The van der Waals surface area contributed by atoms with Crippen molar-refractivity contribution in [3.63, 3.8) is 0 Å². The number of aliphatic hydroxyl groups is 1. The van der Waals surface area contributed by atoms with Crippen LogP contribution >= 0.6 is 0 Å². The van der Waals surface area contributed by atoms with E-state index in [1.165, 1.54) is 7.11 Å². The Balaban J connectivity index is 2.12. The maximum absolute atomic E-state index is 12.8. The molecule has 174 valence electrons. The first-order chi connectivity index (χ1) is 13.9. The maximum atomic E-state index is 12.8. The second-order valence-corrected chi connectivity index (χ2v) is 15.1. The van der Waals surface area contributed by atoms with Gasteiger partial charge < -0.3 is 33.2 Å². The number of esters is 1. The van der Waals surface area contributed by atoms with E-state index in [1.54, 1.807) is 0 Å². The van der Waals surface area contributed by atoms with Crippen LogP contribution in [0, 0.1) is 5.41 Å². The van der Waals surface area contributed by atoms with E-state index in [0.29, 0.717) is 26.1 Å². The van der Waals surface area contributed by atoms with Gasteiger partial charge in [0.2, 0.25) is 0 Å². The van der Waals surface area contributed by atoms with Gasteiger partial charge in [-0.05, 0) is 31.5 Å². The minimum atomic E-state index is -2.24. The summed E-state index contributed by atoms with van der Waals surface area (Å²) in [6, 6.07) is 0. The van der Waals surface area contributed by atoms with Gasteiger partial charge in [-0.1, -0.05) is 20.8 Å². The zero-order chi connectivity index (χ0) is 22.4. The standard InChI is InChI=1S/C21H38O8Si/c1-18(2,3)30(6,7)29-15-8-9-20(26-10-11-27-20)19(4)12-17(23)28-21(15,19)16(13-22)25-14-24-5/h15-16,22H,8-14H2,1-7H3/t15-,16-,19-,21-/m1/s1. The number of aliphatic hydroxyl groups excluding tert-OH is 1. The maximum Gasteiger partial charge on any atom is 0.307 e. The third kappa shape index (κ3) is 3.46. The minimum Gasteiger partial charge on any atom is -0.453 e. The molecule has 0 aromatic carbocycles. The number of hydrogen-bond donors (Lipinski definition) is 1. The Kier molecular flexibility index (Phi) is 6.50. The Labute approximate surface area is 180 Å². The average molecular weight is 447 g/mol. The van der Waals surface area contributed by atoms with Crippen LogP contribution in [0.1, 0.15) is 47.0 Å². The minimum absolute atomic E-state index is 0.0369. The van der Waals surface area contributed by atoms with Crippen LogP contribution in [0.2, 0.25) is 18.1 Å². The summed E-state index contributed by atoms with van der Waals surface area (Å²) in [6.07, 6.45) is -0.0286. The van der Waals surface area contributed by atoms with Crippen molar-refractivity contribution in [2.75, 3.05) is 33.7 Å². The fourth-order valence-corrected chi connectivity index (χ4v) is 6.47. The van der Waals surface area contributed by atoms with Crippen LogP contribution in [0.5, 0.6) is 0 Å². The van der Waals surface area contributed by atoms with Gasteiger partial charge in [0.15, 0.2) is 19.7 Å². The van der Waals surface area contributed by atoms with Crippen molar-refractivity contribution in [3.05, 3.63) is 0 Å². The second kappa shape index (κ2) is 8.10. The van der Waals surface area contributed by atoms with E-state index in [9.17, 15) is 9.90 Å². The fraction of sp³-hybridized carbons (Fsp3) is 0.952. The number of carbonyl (C=O) groups is 1. The Morgan fingerprint density at radius 1 is 1.27 bits per heavy atom. The van der Waals surface area contributed by atoms with Crippen molar-refractivity contribution in [3.8, 4) is 0 Å². The monoisotopic (exact) mass is 446 g/mol. The highest BCUT2D eigenvalue weighted by Crippen LogP contribution is 2.63. The summed E-state index contributed by atoms with van der Waals surface area (Å²) in [5, 5.41) is 10.3. The number of fused-ring (bicyclic) bond motifs is 2. The number of rotatable bonds is 7. The molecule has 0 aromatic heterocycles. The molecule has 2 heterocycles. The van der Waals surface area contributed by atoms with E-state index in [1.807, 2.05) is 6.92 Å². The predicted molar refractivity (Wildman–Crippen MR) is 111 cm³/mol. The number of ether oxygens (including phenoxy) is 5. The summed E-state index contributed by atoms with van der Waals surface area (Å²) >= 11 is 0. The van der Waals surface area contributed by atoms with Crippen LogP contribution in [-0.4, -0.2) is 76.7 Å². The van der Waals surface area contributed by atoms with Crippen molar-refractivity contribution in [2.24, 2.45) is 5.41 Å². The van der Waals surface area contributed by atoms with Gasteiger partial charge >= 0.3 is 5.97 Å². The van der Waals surface area contributed by atoms with E-state index in [4.69, 9.17) is 28.1 Å². The van der Waals surface area contributed by atoms with E-state index >= 15 is 0 Å². The van der Waals surface area contributed by atoms with Gasteiger partial charge in [-0.2, -0.15) is 0 Å². The summed E-state index contributed by atoms with van der Waals surface area (Å²) in [7, 11) is -0.722. The first-order valence-corrected chi connectivity index (χ1v) is 13.7. The lowest BCUT2D eigenvalue weighted by Crippen LogP contribution is -2.74. The average Bonchev–Trinajstić information content (AvgIpc) is 3.22. The first kappa shape index (κ1) is 24.1. The Morgan fingerprint density at radius 2 is 1.90 bits per heavy atom. The smallest absolute Gasteiger partial charge is 0.307 e. The Bertz CT molecular complexity index is 641. The molecule has 0 radical (unpaired) electrons. The van der Waals surface area contributed by atoms with Gasteiger partial charge in [0.1, 0.15) is 12.9 Å². The van der Waals surface area contributed by atoms with Gasteiger partial charge in [-0.25, -0.2) is 0 Å². The normalized spacial score (nSPS) is 34.8. The topological polar surface area (TPSA) is 92.7 Å². The van der Waals surface area contributed by atoms with Gasteiger partial charge in [-0.15, -0.1) is 0 Å². The molecule has 0 unspecified atom stereocenters. The zero-order valence-corrected chi connectivity index (χ0v) is 20.4. The molecule has 8 nitrogen and oxygen atoms in total. The molecule has 0 bridgehead atoms. The first-order valence-electron chi connectivity index (χ1n) is 10.8. The van der Waals surface area contributed by atoms with Crippen LogP contribution < -0.4 is 0 Å². The summed E-state index contributed by atoms with van der Waals surface area (Å²) in [6.45, 7) is 13.3. The van der Waals surface area contributed by atoms with Crippen molar-refractivity contribution < 1.29 is 38.0 Å². The molecule has 2 saturated heterocycles. The van der Waals surface area contributed by atoms with Gasteiger partial charge in [0, 0.05) is 13.5 Å². The van der Waals surface area contributed by atoms with Crippen molar-refractivity contribution in [2.45, 2.75) is 88.7 Å². The Morgan fingerprint density at radius 3 is 2.43 bits per heavy atom. The van der Waals surface area contributed by atoms with Crippen molar-refractivity contribution in [1.29, 1.82) is 0 Å². The SMILES string of the molecule is COCO[C@H](CO)[C@@]12OC(=O)C[C@]1(C)C1(CC[C@H]2O[Si](C)(C)C(C)(C)C)OCCO1. The van der Waals surface area contributed by atoms with Crippen molar-refractivity contribution >= 4 is 14.3 Å². The quantitative estimate of drug-likeness (QED) is 0.362. The fourth-order valence-electron chi connectivity index (χ4n) is 5.12. The van der Waals surface area contributed by atoms with Crippen LogP contribution in [0.15, 0.2) is 0 Å². The molecule has 3 aliphatic rings. The molecule has 9 heteroatoms. The summed E-state index contributed by atoms with van der Waals surface area (Å²) in [4.78, 5) is 12.8. The molecule has 1 saturated carbocycles. The van der Waals surface area contributed by atoms with Gasteiger partial charge in [-0.3, -0.25) is 4.79 Å². The lowest BCUT2D eigenvalue weighted by Gasteiger charge is -2.60. The molecule has 3 fully saturated rings. The molecule has 4 atom stereocenters. The van der Waals surface area contributed by atoms with Crippen LogP contribution in [0.4, 0.5) is 0 Å². The number of carbonyl (C=O) groups excluding carboxylic acids is 1. The predicted octanol–water partition coefficient (Wildman–Crippen LogP) is 2.59. The van der Waals surface area contributed by atoms with Gasteiger partial charge in [0.25, 0.3) is 0 Å². The largest absolute Gasteiger partial charge is 0.453 e. The second-order valence-electron chi connectivity index (χ2n) is 10.4. The highest BCUT2D eigenvalue weighted by atomic mass is 28.4. The molecule has 2 aliphatic heterocycles. The molecule has 0 amide bonds. The number of hydrogen-bond acceptors (Lipinski definition) is 8. The third-order valence-electron chi connectivity index (χ3n) is 7.73. The molecule has 1 spiro atoms. The molecule has 1 aliphatic carbocycles. The summed E-state index contributed by atoms with van der Waals surface area (Å²) < 4.78 is 36.3. The van der Waals surface area contributed by atoms with Crippen LogP contribution in [-0.2, 0) is 32.9 Å². The third-order valence-corrected chi connectivity index (χ3v) is 12.2. The van der Waals surface area contributed by atoms with Gasteiger partial charge in [0.05, 0.1) is 37.8 Å². The lowest BCUT2D eigenvalue weighted by molar-refractivity contribution is -0.336. The molecular weight excluding hydrogens is 408 g/mol. The molecule has 0 aromatic rings. The molecular formula is C21H38O8Si. The summed E-state index contributed by atoms with van der Waals surface area (Å²) in [5.41, 5.74) is -2.14. The van der Waals surface area contributed by atoms with E-state index < -0.39 is 37.3 Å². The van der Waals surface area contributed by atoms with E-state index in [0.717, 1.165) is 0 Å². The van der Waals surface area contributed by atoms with Crippen LogP contribution in [0.25, 0.3) is 0 Å². The van der Waals surface area contributed by atoms with E-state index in [2.05, 4.69) is 33.9 Å². The highest BCUT2D eigenvalue weighted by molar-refractivity contribution is 6.74. The summed E-state index contributed by atoms with van der Waals surface area (Å²) in [5.74, 6) is -1.34. The van der Waals surface area contributed by atoms with Crippen molar-refractivity contribution in [1.82, 2.24) is 0 Å². The van der Waals surface area contributed by atoms with Crippen LogP contribution in [0.3, 0.4) is 0 Å². The van der Waals surface area contributed by atoms with E-state index in [-0.39, 0.29) is 30.8 Å². The Hall–Kier alpha value is -0.553. The zero-order valence-electron chi connectivity index (χ0n) is 19.4.